The summed E-state index contributed by atoms with van der Waals surface area (Å²) in [6.45, 7) is 7.45. The van der Waals surface area contributed by atoms with Crippen LogP contribution in [0.2, 0.25) is 0 Å². The van der Waals surface area contributed by atoms with Crippen molar-refractivity contribution >= 4 is 29.9 Å². The second-order valence-corrected chi connectivity index (χ2v) is 7.61. The molecule has 1 fully saturated rings. The normalized spacial score (nSPS) is 16.7. The maximum absolute atomic E-state index is 13.0. The summed E-state index contributed by atoms with van der Waals surface area (Å²) < 4.78 is 40.8. The molecule has 0 saturated carbocycles. The van der Waals surface area contributed by atoms with E-state index < -0.39 is 12.2 Å². The van der Waals surface area contributed by atoms with Gasteiger partial charge in [0.2, 0.25) is 0 Å². The molecule has 1 unspecified atom stereocenters. The van der Waals surface area contributed by atoms with Crippen molar-refractivity contribution in [3.05, 3.63) is 47.3 Å². The second-order valence-electron chi connectivity index (χ2n) is 7.61. The van der Waals surface area contributed by atoms with Crippen molar-refractivity contribution < 1.29 is 13.2 Å². The summed E-state index contributed by atoms with van der Waals surface area (Å²) in [5.74, 6) is 0.692. The minimum atomic E-state index is -4.20. The van der Waals surface area contributed by atoms with Gasteiger partial charge in [-0.15, -0.1) is 24.0 Å². The first-order valence-corrected chi connectivity index (χ1v) is 10.1. The quantitative estimate of drug-likeness (QED) is 0.358. The Morgan fingerprint density at radius 1 is 1.16 bits per heavy atom. The van der Waals surface area contributed by atoms with E-state index >= 15 is 0 Å². The largest absolute Gasteiger partial charge is 0.403 e. The molecular formula is C21H30F3IN6. The molecule has 0 aliphatic carbocycles. The Morgan fingerprint density at radius 3 is 2.35 bits per heavy atom. The van der Waals surface area contributed by atoms with Gasteiger partial charge in [0.15, 0.2) is 5.96 Å². The van der Waals surface area contributed by atoms with E-state index in [9.17, 15) is 13.2 Å². The molecule has 0 spiro atoms. The molecule has 6 nitrogen and oxygen atoms in total. The van der Waals surface area contributed by atoms with Crippen LogP contribution >= 0.6 is 24.0 Å². The Labute approximate surface area is 198 Å². The van der Waals surface area contributed by atoms with Crippen LogP contribution in [0, 0.1) is 13.8 Å². The van der Waals surface area contributed by atoms with Crippen molar-refractivity contribution in [1.29, 1.82) is 0 Å². The lowest BCUT2D eigenvalue weighted by Gasteiger charge is -2.39. The van der Waals surface area contributed by atoms with Crippen LogP contribution in [0.3, 0.4) is 0 Å². The number of benzene rings is 1. The van der Waals surface area contributed by atoms with Gasteiger partial charge >= 0.3 is 6.18 Å². The number of aromatic nitrogens is 2. The lowest BCUT2D eigenvalue weighted by Crippen LogP contribution is -2.56. The summed E-state index contributed by atoms with van der Waals surface area (Å²) in [6, 6.07) is 8.62. The van der Waals surface area contributed by atoms with E-state index in [0.717, 1.165) is 22.6 Å². The van der Waals surface area contributed by atoms with E-state index in [1.807, 2.05) is 53.8 Å². The van der Waals surface area contributed by atoms with Crippen LogP contribution in [-0.2, 0) is 6.54 Å². The van der Waals surface area contributed by atoms with Gasteiger partial charge in [-0.3, -0.25) is 9.89 Å². The molecular weight excluding hydrogens is 520 g/mol. The lowest BCUT2D eigenvalue weighted by atomic mass is 10.1. The fourth-order valence-electron chi connectivity index (χ4n) is 3.77. The third-order valence-electron chi connectivity index (χ3n) is 5.51. The minimum Gasteiger partial charge on any atom is -0.352 e. The lowest BCUT2D eigenvalue weighted by molar-refractivity contribution is -0.181. The molecule has 2 aromatic rings. The number of hydrogen-bond acceptors (Lipinski definition) is 3. The van der Waals surface area contributed by atoms with Crippen LogP contribution in [0.5, 0.6) is 0 Å². The molecule has 0 amide bonds. The third-order valence-corrected chi connectivity index (χ3v) is 5.51. The Hall–Kier alpha value is -1.82. The highest BCUT2D eigenvalue weighted by Crippen LogP contribution is 2.25. The summed E-state index contributed by atoms with van der Waals surface area (Å²) in [5, 5.41) is 7.93. The van der Waals surface area contributed by atoms with Gasteiger partial charge in [0.25, 0.3) is 0 Å². The topological polar surface area (TPSA) is 48.7 Å². The number of nitrogens with zero attached hydrogens (tertiary/aromatic N) is 5. The summed E-state index contributed by atoms with van der Waals surface area (Å²) in [7, 11) is 1.69. The van der Waals surface area contributed by atoms with Crippen molar-refractivity contribution in [2.24, 2.45) is 4.99 Å². The summed E-state index contributed by atoms with van der Waals surface area (Å²) >= 11 is 0. The highest BCUT2D eigenvalue weighted by Gasteiger charge is 2.41. The van der Waals surface area contributed by atoms with Crippen molar-refractivity contribution in [1.82, 2.24) is 24.9 Å². The number of alkyl halides is 3. The Kier molecular flexibility index (Phi) is 8.75. The molecule has 1 saturated heterocycles. The zero-order chi connectivity index (χ0) is 21.9. The fourth-order valence-corrected chi connectivity index (χ4v) is 3.77. The number of nitrogens with one attached hydrogen (secondary N) is 1. The molecule has 1 aromatic heterocycles. The Balaban J connectivity index is 0.00000341. The molecule has 0 radical (unpaired) electrons. The smallest absolute Gasteiger partial charge is 0.352 e. The highest BCUT2D eigenvalue weighted by molar-refractivity contribution is 14.0. The summed E-state index contributed by atoms with van der Waals surface area (Å²) in [4.78, 5) is 7.82. The maximum atomic E-state index is 13.0. The number of hydrogen-bond donors (Lipinski definition) is 1. The molecule has 1 atom stereocenters. The van der Waals surface area contributed by atoms with Crippen LogP contribution in [0.4, 0.5) is 13.2 Å². The van der Waals surface area contributed by atoms with Gasteiger partial charge in [0, 0.05) is 45.5 Å². The van der Waals surface area contributed by atoms with Gasteiger partial charge in [-0.2, -0.15) is 18.3 Å². The molecule has 172 valence electrons. The predicted octanol–water partition coefficient (Wildman–Crippen LogP) is 3.75. The van der Waals surface area contributed by atoms with Crippen molar-refractivity contribution in [2.45, 2.75) is 39.5 Å². The van der Waals surface area contributed by atoms with E-state index in [1.54, 1.807) is 7.05 Å². The number of aliphatic imine (C=N–C) groups is 1. The molecule has 2 heterocycles. The first-order chi connectivity index (χ1) is 14.2. The number of piperazine rings is 1. The van der Waals surface area contributed by atoms with E-state index in [-0.39, 0.29) is 24.0 Å². The van der Waals surface area contributed by atoms with Crippen molar-refractivity contribution in [2.75, 3.05) is 33.2 Å². The molecule has 0 bridgehead atoms. The number of halogens is 4. The van der Waals surface area contributed by atoms with Crippen LogP contribution in [0.1, 0.15) is 23.9 Å². The first kappa shape index (κ1) is 25.4. The van der Waals surface area contributed by atoms with Crippen molar-refractivity contribution in [3.8, 4) is 5.69 Å². The van der Waals surface area contributed by atoms with Crippen LogP contribution in [0.25, 0.3) is 5.69 Å². The van der Waals surface area contributed by atoms with Crippen LogP contribution in [0.15, 0.2) is 35.3 Å². The number of para-hydroxylation sites is 1. The SMILES string of the molecule is CN=C(NCc1ccccc1-n1nc(C)cc1C)N1CCN(C(C)C(F)(F)F)CC1.I. The standard InChI is InChI=1S/C21H29F3N6.HI/c1-15-13-16(2)30(27-15)19-8-6-5-7-18(19)14-26-20(25-4)29-11-9-28(10-12-29)17(3)21(22,23)24;/h5-8,13,17H,9-12,14H2,1-4H3,(H,25,26);1H. The van der Waals surface area contributed by atoms with Gasteiger partial charge in [-0.05, 0) is 38.5 Å². The molecule has 1 N–H and O–H groups in total. The summed E-state index contributed by atoms with van der Waals surface area (Å²) in [6.07, 6.45) is -4.20. The van der Waals surface area contributed by atoms with Crippen molar-refractivity contribution in [3.63, 3.8) is 0 Å². The molecule has 31 heavy (non-hydrogen) atoms. The molecule has 10 heteroatoms. The molecule has 1 aromatic carbocycles. The highest BCUT2D eigenvalue weighted by atomic mass is 127. The van der Waals surface area contributed by atoms with E-state index in [2.05, 4.69) is 15.4 Å². The molecule has 1 aliphatic heterocycles. The Morgan fingerprint density at radius 2 is 1.81 bits per heavy atom. The number of rotatable bonds is 4. The van der Waals surface area contributed by atoms with E-state index in [1.165, 1.54) is 11.8 Å². The van der Waals surface area contributed by atoms with Gasteiger partial charge < -0.3 is 10.2 Å². The average Bonchev–Trinajstić information content (AvgIpc) is 3.06. The maximum Gasteiger partial charge on any atom is 0.403 e. The zero-order valence-corrected chi connectivity index (χ0v) is 20.6. The second kappa shape index (κ2) is 10.7. The van der Waals surface area contributed by atoms with E-state index in [0.29, 0.717) is 38.7 Å². The summed E-state index contributed by atoms with van der Waals surface area (Å²) in [5.41, 5.74) is 4.07. The van der Waals surface area contributed by atoms with Gasteiger partial charge in [0.05, 0.1) is 11.4 Å². The average molecular weight is 550 g/mol. The van der Waals surface area contributed by atoms with Gasteiger partial charge in [0.1, 0.15) is 6.04 Å². The van der Waals surface area contributed by atoms with Crippen LogP contribution in [-0.4, -0.2) is 71.0 Å². The first-order valence-electron chi connectivity index (χ1n) is 10.1. The Bertz CT molecular complexity index is 887. The number of guanidine groups is 1. The fraction of sp³-hybridized carbons (Fsp3) is 0.524. The third kappa shape index (κ3) is 6.12. The minimum absolute atomic E-state index is 0. The zero-order valence-electron chi connectivity index (χ0n) is 18.3. The van der Waals surface area contributed by atoms with E-state index in [4.69, 9.17) is 0 Å². The molecule has 1 aliphatic rings. The number of aryl methyl sites for hydroxylation is 2. The predicted molar refractivity (Wildman–Crippen MR) is 127 cm³/mol. The van der Waals surface area contributed by atoms with Crippen LogP contribution < -0.4 is 5.32 Å². The monoisotopic (exact) mass is 550 g/mol. The molecule has 3 rings (SSSR count). The van der Waals surface area contributed by atoms with Gasteiger partial charge in [-0.25, -0.2) is 4.68 Å². The van der Waals surface area contributed by atoms with Gasteiger partial charge in [-0.1, -0.05) is 18.2 Å².